The Morgan fingerprint density at radius 2 is 1.19 bits per heavy atom. The highest BCUT2D eigenvalue weighted by molar-refractivity contribution is 5.86. The molecule has 1 aliphatic carbocycles. The van der Waals surface area contributed by atoms with Gasteiger partial charge in [0.25, 0.3) is 0 Å². The van der Waals surface area contributed by atoms with Crippen LogP contribution in [0.1, 0.15) is 70.2 Å². The van der Waals surface area contributed by atoms with Gasteiger partial charge in [-0.15, -0.1) is 0 Å². The molecule has 0 amide bonds. The Morgan fingerprint density at radius 3 is 1.79 bits per heavy atom. The molecule has 0 spiro atoms. The van der Waals surface area contributed by atoms with Crippen LogP contribution in [0, 0.1) is 0 Å². The largest absolute Gasteiger partial charge is 0.339 e. The molecule has 0 saturated carbocycles. The molecule has 2 nitrogen and oxygen atoms in total. The Hall–Kier alpha value is -5.08. The zero-order valence-corrected chi connectivity index (χ0v) is 28.6. The Morgan fingerprint density at radius 1 is 0.660 bits per heavy atom. The van der Waals surface area contributed by atoms with Gasteiger partial charge < -0.3 is 9.80 Å². The molecule has 1 unspecified atom stereocenters. The minimum absolute atomic E-state index is 0.123. The molecule has 0 heterocycles. The lowest BCUT2D eigenvalue weighted by Crippen LogP contribution is -2.29. The summed E-state index contributed by atoms with van der Waals surface area (Å²) < 4.78 is 0. The number of nitrogens with zero attached hydrogens (tertiary/aromatic N) is 2. The second kappa shape index (κ2) is 13.7. The predicted molar refractivity (Wildman–Crippen MR) is 205 cm³/mol. The summed E-state index contributed by atoms with van der Waals surface area (Å²) in [4.78, 5) is 4.75. The minimum Gasteiger partial charge on any atom is -0.339 e. The van der Waals surface area contributed by atoms with Gasteiger partial charge in [-0.05, 0) is 109 Å². The fraction of sp³-hybridized carbons (Fsp3) is 0.200. The maximum atomic E-state index is 2.40. The number of anilines is 4. The number of para-hydroxylation sites is 2. The van der Waals surface area contributed by atoms with Crippen molar-refractivity contribution in [3.63, 3.8) is 0 Å². The third-order valence-corrected chi connectivity index (χ3v) is 9.37. The molecule has 47 heavy (non-hydrogen) atoms. The average molecular weight is 615 g/mol. The lowest BCUT2D eigenvalue weighted by Gasteiger charge is -2.30. The Balaban J connectivity index is 1.28. The highest BCUT2D eigenvalue weighted by atomic mass is 15.2. The van der Waals surface area contributed by atoms with Gasteiger partial charge in [0.05, 0.1) is 0 Å². The number of rotatable bonds is 10. The van der Waals surface area contributed by atoms with Crippen molar-refractivity contribution in [1.82, 2.24) is 0 Å². The van der Waals surface area contributed by atoms with Gasteiger partial charge in [0, 0.05) is 39.9 Å². The van der Waals surface area contributed by atoms with Crippen LogP contribution < -0.4 is 9.80 Å². The smallest absolute Gasteiger partial charge is 0.0490 e. The zero-order valence-electron chi connectivity index (χ0n) is 28.6. The van der Waals surface area contributed by atoms with Crippen molar-refractivity contribution in [1.29, 1.82) is 0 Å². The normalized spacial score (nSPS) is 14.3. The molecule has 0 bridgehead atoms. The topological polar surface area (TPSA) is 6.48 Å². The summed E-state index contributed by atoms with van der Waals surface area (Å²) in [5.74, 6) is 0. The molecule has 0 radical (unpaired) electrons. The number of hydrogen-bond acceptors (Lipinski definition) is 2. The van der Waals surface area contributed by atoms with Crippen molar-refractivity contribution >= 4 is 34.9 Å². The zero-order chi connectivity index (χ0) is 33.0. The van der Waals surface area contributed by atoms with Gasteiger partial charge in [-0.2, -0.15) is 0 Å². The van der Waals surface area contributed by atoms with Crippen molar-refractivity contribution in [2.75, 3.05) is 9.80 Å². The Bertz CT molecular complexity index is 1870. The summed E-state index contributed by atoms with van der Waals surface area (Å²) in [5.41, 5.74) is 13.6. The standard InChI is InChI=1S/C45H46N2/c1-7-15-33(3)46(34(4)16-8-2)39-26-23-35(24-27-39)21-22-36-25-29-41-42-30-28-40(32-44(42)45(5,6)43(41)31-36)47(37-17-11-9-12-18-37)38-19-13-10-14-20-38/h7,9-33H,8H2,1-6H3. The Kier molecular flexibility index (Phi) is 9.31. The van der Waals surface area contributed by atoms with Crippen molar-refractivity contribution in [3.8, 4) is 11.1 Å². The lowest BCUT2D eigenvalue weighted by molar-refractivity contribution is 0.660. The maximum absolute atomic E-state index is 2.40. The summed E-state index contributed by atoms with van der Waals surface area (Å²) in [6, 6.07) is 44.4. The molecule has 5 aromatic rings. The molecular formula is C45H46N2. The van der Waals surface area contributed by atoms with Gasteiger partial charge in [0.15, 0.2) is 0 Å². The maximum Gasteiger partial charge on any atom is 0.0490 e. The van der Waals surface area contributed by atoms with Gasteiger partial charge in [0.1, 0.15) is 0 Å². The molecule has 5 aromatic carbocycles. The third-order valence-electron chi connectivity index (χ3n) is 9.37. The van der Waals surface area contributed by atoms with E-state index >= 15 is 0 Å². The van der Waals surface area contributed by atoms with Crippen molar-refractivity contribution in [3.05, 3.63) is 168 Å². The molecule has 1 atom stereocenters. The summed E-state index contributed by atoms with van der Waals surface area (Å²) in [5, 5.41) is 0. The SMILES string of the molecule is CC=CC(C)N(C(C)=CCC)c1ccc(C=Cc2ccc3c(c2)C(C)(C)c2cc(N(c4ccccc4)c4ccccc4)ccc2-3)cc1. The summed E-state index contributed by atoms with van der Waals surface area (Å²) >= 11 is 0. The second-order valence-corrected chi connectivity index (χ2v) is 13.0. The van der Waals surface area contributed by atoms with Crippen LogP contribution in [-0.2, 0) is 5.41 Å². The summed E-state index contributed by atoms with van der Waals surface area (Å²) in [7, 11) is 0. The van der Waals surface area contributed by atoms with Crippen molar-refractivity contribution < 1.29 is 0 Å². The number of hydrogen-bond donors (Lipinski definition) is 0. The van der Waals surface area contributed by atoms with Gasteiger partial charge >= 0.3 is 0 Å². The van der Waals surface area contributed by atoms with Gasteiger partial charge in [-0.25, -0.2) is 0 Å². The number of fused-ring (bicyclic) bond motifs is 3. The lowest BCUT2D eigenvalue weighted by atomic mass is 9.81. The van der Waals surface area contributed by atoms with Gasteiger partial charge in [0.2, 0.25) is 0 Å². The molecule has 0 N–H and O–H groups in total. The van der Waals surface area contributed by atoms with Crippen LogP contribution in [0.25, 0.3) is 23.3 Å². The molecule has 0 saturated heterocycles. The van der Waals surface area contributed by atoms with Crippen molar-refractivity contribution in [2.45, 2.75) is 59.4 Å². The third kappa shape index (κ3) is 6.46. The highest BCUT2D eigenvalue weighted by Crippen LogP contribution is 2.51. The first-order valence-electron chi connectivity index (χ1n) is 16.9. The number of benzene rings is 5. The van der Waals surface area contributed by atoms with Crippen LogP contribution >= 0.6 is 0 Å². The van der Waals surface area contributed by atoms with E-state index in [9.17, 15) is 0 Å². The van der Waals surface area contributed by atoms with E-state index in [0.29, 0.717) is 6.04 Å². The van der Waals surface area contributed by atoms with E-state index in [0.717, 1.165) is 17.8 Å². The fourth-order valence-electron chi connectivity index (χ4n) is 7.04. The molecule has 1 aliphatic rings. The van der Waals surface area contributed by atoms with E-state index in [4.69, 9.17) is 0 Å². The summed E-state index contributed by atoms with van der Waals surface area (Å²) in [6.07, 6.45) is 12.2. The van der Waals surface area contributed by atoms with Crippen molar-refractivity contribution in [2.24, 2.45) is 0 Å². The van der Waals surface area contributed by atoms with Crippen LogP contribution in [0.4, 0.5) is 22.7 Å². The average Bonchev–Trinajstić information content (AvgIpc) is 3.31. The van der Waals surface area contributed by atoms with Crippen LogP contribution in [-0.4, -0.2) is 6.04 Å². The minimum atomic E-state index is -0.123. The first-order valence-corrected chi connectivity index (χ1v) is 16.9. The molecule has 2 heteroatoms. The first kappa shape index (κ1) is 31.9. The van der Waals surface area contributed by atoms with E-state index < -0.39 is 0 Å². The Labute approximate surface area is 282 Å². The molecule has 236 valence electrons. The van der Waals surface area contributed by atoms with E-state index in [1.807, 2.05) is 0 Å². The van der Waals surface area contributed by atoms with E-state index in [1.165, 1.54) is 50.5 Å². The van der Waals surface area contributed by atoms with Gasteiger partial charge in [-0.1, -0.05) is 124 Å². The van der Waals surface area contributed by atoms with Crippen LogP contribution in [0.3, 0.4) is 0 Å². The second-order valence-electron chi connectivity index (χ2n) is 13.0. The molecule has 6 rings (SSSR count). The van der Waals surface area contributed by atoms with E-state index in [-0.39, 0.29) is 5.41 Å². The van der Waals surface area contributed by atoms with Crippen LogP contribution in [0.2, 0.25) is 0 Å². The highest BCUT2D eigenvalue weighted by Gasteiger charge is 2.36. The first-order chi connectivity index (χ1) is 22.8. The van der Waals surface area contributed by atoms with E-state index in [2.05, 4.69) is 203 Å². The van der Waals surface area contributed by atoms with E-state index in [1.54, 1.807) is 0 Å². The molecule has 0 aliphatic heterocycles. The van der Waals surface area contributed by atoms with Crippen LogP contribution in [0.15, 0.2) is 145 Å². The number of allylic oxidation sites excluding steroid dienone is 3. The molecule has 0 fully saturated rings. The van der Waals surface area contributed by atoms with Gasteiger partial charge in [-0.3, -0.25) is 0 Å². The molecule has 0 aromatic heterocycles. The molecular weight excluding hydrogens is 569 g/mol. The predicted octanol–water partition coefficient (Wildman–Crippen LogP) is 12.7. The fourth-order valence-corrected chi connectivity index (χ4v) is 7.04. The monoisotopic (exact) mass is 614 g/mol. The van der Waals surface area contributed by atoms with Crippen LogP contribution in [0.5, 0.6) is 0 Å². The quantitative estimate of drug-likeness (QED) is 0.114. The summed E-state index contributed by atoms with van der Waals surface area (Å²) in [6.45, 7) is 13.4.